The predicted molar refractivity (Wildman–Crippen MR) is 114 cm³/mol. The summed E-state index contributed by atoms with van der Waals surface area (Å²) >= 11 is 0. The number of carboxylic acids is 1. The van der Waals surface area contributed by atoms with Gasteiger partial charge in [-0.3, -0.25) is 4.79 Å². The number of hydrogen-bond acceptors (Lipinski definition) is 5. The SMILES string of the molecule is Cc1cc(CCC(=O)O)ccc1-c1noc(-c2cc(C#N)c3[nH]c(C4CC4)cc3c2)n1. The van der Waals surface area contributed by atoms with Crippen molar-refractivity contribution in [1.82, 2.24) is 15.1 Å². The molecule has 7 nitrogen and oxygen atoms in total. The Kier molecular flexibility index (Phi) is 4.55. The monoisotopic (exact) mass is 412 g/mol. The van der Waals surface area contributed by atoms with Gasteiger partial charge in [-0.25, -0.2) is 0 Å². The van der Waals surface area contributed by atoms with E-state index in [0.29, 0.717) is 35.2 Å². The third-order valence-corrected chi connectivity index (χ3v) is 5.72. The number of aromatic nitrogens is 3. The van der Waals surface area contributed by atoms with Crippen molar-refractivity contribution in [3.63, 3.8) is 0 Å². The second-order valence-electron chi connectivity index (χ2n) is 8.06. The summed E-state index contributed by atoms with van der Waals surface area (Å²) in [7, 11) is 0. The first-order valence-corrected chi connectivity index (χ1v) is 10.2. The zero-order chi connectivity index (χ0) is 21.5. The zero-order valence-corrected chi connectivity index (χ0v) is 17.0. The van der Waals surface area contributed by atoms with Crippen LogP contribution in [0.4, 0.5) is 0 Å². The van der Waals surface area contributed by atoms with Crippen LogP contribution in [0.3, 0.4) is 0 Å². The average Bonchev–Trinajstić information content (AvgIpc) is 3.33. The molecule has 0 amide bonds. The van der Waals surface area contributed by atoms with Gasteiger partial charge >= 0.3 is 5.97 Å². The van der Waals surface area contributed by atoms with Crippen LogP contribution in [0.15, 0.2) is 40.9 Å². The maximum absolute atomic E-state index is 10.8. The van der Waals surface area contributed by atoms with Crippen LogP contribution in [-0.4, -0.2) is 26.2 Å². The molecular formula is C24H20N4O3. The van der Waals surface area contributed by atoms with E-state index in [-0.39, 0.29) is 6.42 Å². The first-order chi connectivity index (χ1) is 15.0. The zero-order valence-electron chi connectivity index (χ0n) is 17.0. The minimum absolute atomic E-state index is 0.0937. The van der Waals surface area contributed by atoms with Crippen LogP contribution in [0, 0.1) is 18.3 Å². The van der Waals surface area contributed by atoms with Crippen molar-refractivity contribution in [3.05, 3.63) is 58.8 Å². The van der Waals surface area contributed by atoms with E-state index in [1.165, 1.54) is 18.5 Å². The Balaban J connectivity index is 1.47. The van der Waals surface area contributed by atoms with Gasteiger partial charge in [0.1, 0.15) is 6.07 Å². The molecule has 2 aromatic heterocycles. The van der Waals surface area contributed by atoms with E-state index < -0.39 is 5.97 Å². The van der Waals surface area contributed by atoms with Crippen molar-refractivity contribution < 1.29 is 14.4 Å². The lowest BCUT2D eigenvalue weighted by atomic mass is 10.0. The molecule has 0 spiro atoms. The van der Waals surface area contributed by atoms with Gasteiger partial charge in [-0.1, -0.05) is 23.4 Å². The molecule has 2 aromatic carbocycles. The third-order valence-electron chi connectivity index (χ3n) is 5.72. The van der Waals surface area contributed by atoms with E-state index in [0.717, 1.165) is 27.6 Å². The van der Waals surface area contributed by atoms with Gasteiger partial charge in [0.05, 0.1) is 11.1 Å². The number of aryl methyl sites for hydroxylation is 2. The van der Waals surface area contributed by atoms with Crippen LogP contribution in [0.25, 0.3) is 33.7 Å². The molecule has 1 aliphatic carbocycles. The number of nitriles is 1. The fourth-order valence-corrected chi connectivity index (χ4v) is 3.93. The van der Waals surface area contributed by atoms with Gasteiger partial charge in [0.15, 0.2) is 0 Å². The van der Waals surface area contributed by atoms with E-state index in [1.807, 2.05) is 31.2 Å². The molecule has 0 aliphatic heterocycles. The largest absolute Gasteiger partial charge is 0.481 e. The van der Waals surface area contributed by atoms with E-state index >= 15 is 0 Å². The van der Waals surface area contributed by atoms with Crippen LogP contribution < -0.4 is 0 Å². The van der Waals surface area contributed by atoms with Gasteiger partial charge in [0.2, 0.25) is 5.82 Å². The summed E-state index contributed by atoms with van der Waals surface area (Å²) < 4.78 is 5.53. The molecule has 1 saturated carbocycles. The van der Waals surface area contributed by atoms with Crippen molar-refractivity contribution in [2.75, 3.05) is 0 Å². The van der Waals surface area contributed by atoms with Gasteiger partial charge in [-0.2, -0.15) is 10.2 Å². The lowest BCUT2D eigenvalue weighted by Crippen LogP contribution is -1.98. The Bertz CT molecular complexity index is 1360. The number of H-pyrrole nitrogens is 1. The van der Waals surface area contributed by atoms with Gasteiger partial charge in [0.25, 0.3) is 5.89 Å². The van der Waals surface area contributed by atoms with Crippen LogP contribution in [-0.2, 0) is 11.2 Å². The fraction of sp³-hybridized carbons (Fsp3) is 0.250. The average molecular weight is 412 g/mol. The number of aromatic amines is 1. The number of carbonyl (C=O) groups is 1. The van der Waals surface area contributed by atoms with E-state index in [4.69, 9.17) is 9.63 Å². The van der Waals surface area contributed by atoms with Gasteiger partial charge < -0.3 is 14.6 Å². The number of carboxylic acid groups (broad SMARTS) is 1. The highest BCUT2D eigenvalue weighted by Crippen LogP contribution is 2.41. The Hall–Kier alpha value is -3.92. The molecule has 1 aliphatic rings. The predicted octanol–water partition coefficient (Wildman–Crippen LogP) is 4.96. The minimum atomic E-state index is -0.815. The number of benzene rings is 2. The first kappa shape index (κ1) is 19.1. The van der Waals surface area contributed by atoms with Crippen molar-refractivity contribution >= 4 is 16.9 Å². The molecular weight excluding hydrogens is 392 g/mol. The highest BCUT2D eigenvalue weighted by Gasteiger charge is 2.26. The summed E-state index contributed by atoms with van der Waals surface area (Å²) in [5.41, 5.74) is 6.01. The molecule has 0 unspecified atom stereocenters. The Labute approximate surface area is 178 Å². The van der Waals surface area contributed by atoms with E-state index in [1.54, 1.807) is 6.07 Å². The molecule has 0 atom stereocenters. The summed E-state index contributed by atoms with van der Waals surface area (Å²) in [6, 6.07) is 13.8. The molecule has 0 bridgehead atoms. The molecule has 154 valence electrons. The Morgan fingerprint density at radius 2 is 2.13 bits per heavy atom. The second-order valence-corrected chi connectivity index (χ2v) is 8.06. The molecule has 2 heterocycles. The maximum atomic E-state index is 10.8. The summed E-state index contributed by atoms with van der Waals surface area (Å²) in [6.07, 6.45) is 2.94. The number of nitrogens with zero attached hydrogens (tertiary/aromatic N) is 3. The quantitative estimate of drug-likeness (QED) is 0.462. The van der Waals surface area contributed by atoms with Crippen LogP contribution in [0.5, 0.6) is 0 Å². The van der Waals surface area contributed by atoms with Gasteiger partial charge in [0, 0.05) is 28.6 Å². The third kappa shape index (κ3) is 3.68. The normalized spacial score (nSPS) is 13.4. The fourth-order valence-electron chi connectivity index (χ4n) is 3.93. The molecule has 31 heavy (non-hydrogen) atoms. The van der Waals surface area contributed by atoms with Crippen LogP contribution in [0.1, 0.15) is 47.6 Å². The molecule has 5 rings (SSSR count). The number of nitrogens with one attached hydrogen (secondary N) is 1. The molecule has 2 N–H and O–H groups in total. The lowest BCUT2D eigenvalue weighted by Gasteiger charge is -2.04. The number of hydrogen-bond donors (Lipinski definition) is 2. The second kappa shape index (κ2) is 7.40. The number of rotatable bonds is 6. The molecule has 4 aromatic rings. The highest BCUT2D eigenvalue weighted by atomic mass is 16.5. The maximum Gasteiger partial charge on any atom is 0.303 e. The topological polar surface area (TPSA) is 116 Å². The van der Waals surface area contributed by atoms with E-state index in [2.05, 4.69) is 27.3 Å². The summed E-state index contributed by atoms with van der Waals surface area (Å²) in [6.45, 7) is 1.94. The van der Waals surface area contributed by atoms with Crippen LogP contribution >= 0.6 is 0 Å². The summed E-state index contributed by atoms with van der Waals surface area (Å²) in [5.74, 6) is 0.573. The Morgan fingerprint density at radius 3 is 2.84 bits per heavy atom. The Morgan fingerprint density at radius 1 is 1.29 bits per heavy atom. The van der Waals surface area contributed by atoms with Crippen molar-refractivity contribution in [1.29, 1.82) is 5.26 Å². The molecule has 7 heteroatoms. The molecule has 1 fully saturated rings. The van der Waals surface area contributed by atoms with Crippen molar-refractivity contribution in [2.45, 2.75) is 38.5 Å². The van der Waals surface area contributed by atoms with Crippen molar-refractivity contribution in [2.24, 2.45) is 0 Å². The molecule has 0 saturated heterocycles. The highest BCUT2D eigenvalue weighted by molar-refractivity contribution is 5.90. The minimum Gasteiger partial charge on any atom is -0.481 e. The lowest BCUT2D eigenvalue weighted by molar-refractivity contribution is -0.136. The summed E-state index contributed by atoms with van der Waals surface area (Å²) in [5, 5.41) is 23.6. The standard InChI is InChI=1S/C24H20N4O3/c1-13-8-14(3-7-21(29)30)2-6-19(13)23-27-24(31-28-23)17-9-16-11-20(15-4-5-15)26-22(16)18(10-17)12-25/h2,6,8-11,15,26H,3-5,7H2,1H3,(H,29,30). The molecule has 0 radical (unpaired) electrons. The van der Waals surface area contributed by atoms with Gasteiger partial charge in [-0.05, 0) is 61.4 Å². The number of fused-ring (bicyclic) bond motifs is 1. The summed E-state index contributed by atoms with van der Waals surface area (Å²) in [4.78, 5) is 18.7. The first-order valence-electron chi connectivity index (χ1n) is 10.2. The van der Waals surface area contributed by atoms with Crippen LogP contribution in [0.2, 0.25) is 0 Å². The smallest absolute Gasteiger partial charge is 0.303 e. The van der Waals surface area contributed by atoms with Crippen molar-refractivity contribution in [3.8, 4) is 28.9 Å². The van der Waals surface area contributed by atoms with Gasteiger partial charge in [-0.15, -0.1) is 0 Å². The number of aliphatic carboxylic acids is 1. The van der Waals surface area contributed by atoms with E-state index in [9.17, 15) is 10.1 Å².